The van der Waals surface area contributed by atoms with Gasteiger partial charge < -0.3 is 0 Å². The van der Waals surface area contributed by atoms with Crippen molar-refractivity contribution >= 4 is 28.1 Å². The normalized spacial score (nSPS) is 10.8. The lowest BCUT2D eigenvalue weighted by atomic mass is 9.98. The molecule has 0 unspecified atom stereocenters. The van der Waals surface area contributed by atoms with Crippen molar-refractivity contribution in [1.82, 2.24) is 0 Å². The number of hydrogen-bond donors (Lipinski definition) is 0. The number of nitro benzene ring substituents is 1. The minimum atomic E-state index is -0.404. The van der Waals surface area contributed by atoms with Crippen LogP contribution in [0.25, 0.3) is 33.0 Å². The lowest BCUT2D eigenvalue weighted by Crippen LogP contribution is -1.92. The molecule has 4 aromatic rings. The molecule has 0 radical (unpaired) electrons. The summed E-state index contributed by atoms with van der Waals surface area (Å²) in [6.07, 6.45) is 0. The second-order valence-electron chi connectivity index (χ2n) is 6.06. The summed E-state index contributed by atoms with van der Waals surface area (Å²) in [7, 11) is 0. The van der Waals surface area contributed by atoms with Gasteiger partial charge in [0.15, 0.2) is 0 Å². The van der Waals surface area contributed by atoms with E-state index in [1.54, 1.807) is 12.1 Å². The summed E-state index contributed by atoms with van der Waals surface area (Å²) in [6.45, 7) is 0. The lowest BCUT2D eigenvalue weighted by molar-refractivity contribution is -0.384. The second-order valence-corrected chi connectivity index (χ2v) is 6.49. The zero-order valence-electron chi connectivity index (χ0n) is 13.7. The predicted octanol–water partition coefficient (Wildman–Crippen LogP) is 6.74. The third-order valence-corrected chi connectivity index (χ3v) is 4.67. The van der Waals surface area contributed by atoms with Gasteiger partial charge in [-0.05, 0) is 45.7 Å². The summed E-state index contributed by atoms with van der Waals surface area (Å²) in [6, 6.07) is 27.1. The van der Waals surface area contributed by atoms with Crippen LogP contribution in [0, 0.1) is 10.1 Å². The van der Waals surface area contributed by atoms with Crippen LogP contribution in [-0.2, 0) is 0 Å². The molecule has 0 spiro atoms. The fraction of sp³-hybridized carbons (Fsp3) is 0. The van der Waals surface area contributed by atoms with Crippen molar-refractivity contribution in [3.05, 3.63) is 100 Å². The van der Waals surface area contributed by atoms with E-state index >= 15 is 0 Å². The molecular formula is C22H14ClNO2. The van der Waals surface area contributed by atoms with Gasteiger partial charge in [-0.15, -0.1) is 0 Å². The molecule has 3 nitrogen and oxygen atoms in total. The third kappa shape index (κ3) is 3.05. The first kappa shape index (κ1) is 16.3. The van der Waals surface area contributed by atoms with Crippen LogP contribution in [0.3, 0.4) is 0 Å². The van der Waals surface area contributed by atoms with Crippen LogP contribution in [0.2, 0.25) is 5.02 Å². The maximum Gasteiger partial charge on any atom is 0.278 e. The summed E-state index contributed by atoms with van der Waals surface area (Å²) < 4.78 is 0. The van der Waals surface area contributed by atoms with Crippen LogP contribution < -0.4 is 0 Å². The highest BCUT2D eigenvalue weighted by atomic mass is 35.5. The van der Waals surface area contributed by atoms with Crippen LogP contribution in [0.5, 0.6) is 0 Å². The van der Waals surface area contributed by atoms with Crippen molar-refractivity contribution in [2.24, 2.45) is 0 Å². The van der Waals surface area contributed by atoms with Crippen molar-refractivity contribution in [1.29, 1.82) is 0 Å². The van der Waals surface area contributed by atoms with E-state index < -0.39 is 4.92 Å². The lowest BCUT2D eigenvalue weighted by Gasteiger charge is -2.07. The van der Waals surface area contributed by atoms with Gasteiger partial charge in [-0.25, -0.2) is 0 Å². The molecule has 0 atom stereocenters. The van der Waals surface area contributed by atoms with Crippen molar-refractivity contribution in [2.45, 2.75) is 0 Å². The minimum absolute atomic E-state index is 0.0101. The molecule has 4 rings (SSSR count). The Morgan fingerprint density at radius 2 is 1.35 bits per heavy atom. The molecule has 0 N–H and O–H groups in total. The molecule has 4 aromatic carbocycles. The third-order valence-electron chi connectivity index (χ3n) is 4.44. The number of hydrogen-bond acceptors (Lipinski definition) is 2. The molecule has 0 aromatic heterocycles. The van der Waals surface area contributed by atoms with E-state index in [9.17, 15) is 10.1 Å². The number of halogens is 1. The first-order valence-electron chi connectivity index (χ1n) is 8.15. The van der Waals surface area contributed by atoms with Crippen LogP contribution in [-0.4, -0.2) is 4.92 Å². The molecule has 0 bridgehead atoms. The monoisotopic (exact) mass is 359 g/mol. The Kier molecular flexibility index (Phi) is 4.15. The van der Waals surface area contributed by atoms with Crippen molar-refractivity contribution in [2.75, 3.05) is 0 Å². The standard InChI is InChI=1S/C22H14ClNO2/c23-20-11-12-21(22(14-20)24(25)26)17-8-5-16(6-9-17)19-10-7-15-3-1-2-4-18(15)13-19/h1-14H. The van der Waals surface area contributed by atoms with Gasteiger partial charge in [-0.1, -0.05) is 72.3 Å². The van der Waals surface area contributed by atoms with Gasteiger partial charge in [0.1, 0.15) is 0 Å². The van der Waals surface area contributed by atoms with Gasteiger partial charge in [0.2, 0.25) is 0 Å². The van der Waals surface area contributed by atoms with Crippen LogP contribution >= 0.6 is 11.6 Å². The summed E-state index contributed by atoms with van der Waals surface area (Å²) in [5.41, 5.74) is 3.54. The fourth-order valence-electron chi connectivity index (χ4n) is 3.11. The molecule has 0 aliphatic heterocycles. The van der Waals surface area contributed by atoms with E-state index in [0.717, 1.165) is 16.7 Å². The van der Waals surface area contributed by atoms with Gasteiger partial charge >= 0.3 is 0 Å². The fourth-order valence-corrected chi connectivity index (χ4v) is 3.28. The van der Waals surface area contributed by atoms with E-state index in [-0.39, 0.29) is 5.69 Å². The first-order chi connectivity index (χ1) is 12.6. The highest BCUT2D eigenvalue weighted by molar-refractivity contribution is 6.31. The summed E-state index contributed by atoms with van der Waals surface area (Å²) in [5, 5.41) is 14.0. The van der Waals surface area contributed by atoms with Gasteiger partial charge in [0.25, 0.3) is 5.69 Å². The number of rotatable bonds is 3. The zero-order valence-corrected chi connectivity index (χ0v) is 14.5. The Bertz CT molecular complexity index is 1120. The number of nitrogens with zero attached hydrogens (tertiary/aromatic N) is 1. The topological polar surface area (TPSA) is 43.1 Å². The highest BCUT2D eigenvalue weighted by Crippen LogP contribution is 2.33. The molecule has 0 fully saturated rings. The second kappa shape index (κ2) is 6.62. The SMILES string of the molecule is O=[N+]([O-])c1cc(Cl)ccc1-c1ccc(-c2ccc3ccccc3c2)cc1. The van der Waals surface area contributed by atoms with Crippen LogP contribution in [0.4, 0.5) is 5.69 Å². The Hall–Kier alpha value is -3.17. The largest absolute Gasteiger partial charge is 0.278 e. The number of fused-ring (bicyclic) bond motifs is 1. The van der Waals surface area contributed by atoms with Gasteiger partial charge in [-0.2, -0.15) is 0 Å². The predicted molar refractivity (Wildman–Crippen MR) is 106 cm³/mol. The Labute approximate surface area is 155 Å². The molecule has 0 saturated heterocycles. The maximum absolute atomic E-state index is 11.3. The van der Waals surface area contributed by atoms with E-state index in [1.807, 2.05) is 36.4 Å². The highest BCUT2D eigenvalue weighted by Gasteiger charge is 2.15. The van der Waals surface area contributed by atoms with Crippen LogP contribution in [0.15, 0.2) is 84.9 Å². The molecule has 0 aliphatic rings. The van der Waals surface area contributed by atoms with Crippen LogP contribution in [0.1, 0.15) is 0 Å². The summed E-state index contributed by atoms with van der Waals surface area (Å²) in [5.74, 6) is 0. The Balaban J connectivity index is 1.74. The number of nitro groups is 1. The van der Waals surface area contributed by atoms with Crippen molar-refractivity contribution in [3.63, 3.8) is 0 Å². The van der Waals surface area contributed by atoms with E-state index in [0.29, 0.717) is 10.6 Å². The van der Waals surface area contributed by atoms with Gasteiger partial charge in [0.05, 0.1) is 10.5 Å². The molecule has 26 heavy (non-hydrogen) atoms. The van der Waals surface area contributed by atoms with Crippen molar-refractivity contribution in [3.8, 4) is 22.3 Å². The van der Waals surface area contributed by atoms with Crippen molar-refractivity contribution < 1.29 is 4.92 Å². The summed E-state index contributed by atoms with van der Waals surface area (Å²) >= 11 is 5.90. The first-order valence-corrected chi connectivity index (χ1v) is 8.53. The quantitative estimate of drug-likeness (QED) is 0.300. The minimum Gasteiger partial charge on any atom is -0.258 e. The maximum atomic E-state index is 11.3. The van der Waals surface area contributed by atoms with E-state index in [4.69, 9.17) is 11.6 Å². The van der Waals surface area contributed by atoms with E-state index in [2.05, 4.69) is 30.3 Å². The van der Waals surface area contributed by atoms with E-state index in [1.165, 1.54) is 16.8 Å². The molecule has 0 heterocycles. The molecule has 4 heteroatoms. The average molecular weight is 360 g/mol. The zero-order chi connectivity index (χ0) is 18.1. The molecular weight excluding hydrogens is 346 g/mol. The molecule has 0 saturated carbocycles. The Morgan fingerprint density at radius 3 is 2.08 bits per heavy atom. The Morgan fingerprint density at radius 1 is 0.692 bits per heavy atom. The molecule has 0 amide bonds. The van der Waals surface area contributed by atoms with Gasteiger partial charge in [0, 0.05) is 11.1 Å². The smallest absolute Gasteiger partial charge is 0.258 e. The summed E-state index contributed by atoms with van der Waals surface area (Å²) in [4.78, 5) is 10.9. The average Bonchev–Trinajstić information content (AvgIpc) is 2.67. The number of benzene rings is 4. The molecule has 126 valence electrons. The molecule has 0 aliphatic carbocycles. The van der Waals surface area contributed by atoms with Gasteiger partial charge in [-0.3, -0.25) is 10.1 Å².